The summed E-state index contributed by atoms with van der Waals surface area (Å²) >= 11 is 6.35. The Bertz CT molecular complexity index is 1340. The molecular weight excluding hydrogens is 506 g/mol. The highest BCUT2D eigenvalue weighted by molar-refractivity contribution is 6.32. The van der Waals surface area contributed by atoms with Gasteiger partial charge in [-0.1, -0.05) is 25.1 Å². The topological polar surface area (TPSA) is 126 Å². The Kier molecular flexibility index (Phi) is 8.45. The van der Waals surface area contributed by atoms with Gasteiger partial charge in [-0.05, 0) is 55.9 Å². The third kappa shape index (κ3) is 6.39. The van der Waals surface area contributed by atoms with Crippen molar-refractivity contribution in [1.82, 2.24) is 14.9 Å². The van der Waals surface area contributed by atoms with Crippen molar-refractivity contribution in [1.29, 1.82) is 0 Å². The molecule has 0 aliphatic carbocycles. The number of ether oxygens (including phenoxy) is 1. The number of hydrogen-bond donors (Lipinski definition) is 3. The van der Waals surface area contributed by atoms with Crippen molar-refractivity contribution < 1.29 is 14.3 Å². The maximum Gasteiger partial charge on any atom is 0.271 e. The average molecular weight is 536 g/mol. The van der Waals surface area contributed by atoms with Crippen molar-refractivity contribution in [3.63, 3.8) is 0 Å². The molecule has 2 heterocycles. The number of nitrogens with zero attached hydrogens (tertiary/aromatic N) is 4. The summed E-state index contributed by atoms with van der Waals surface area (Å²) in [7, 11) is 2.12. The number of carbonyl (C=O) groups excluding carboxylic acids is 2. The van der Waals surface area contributed by atoms with Crippen molar-refractivity contribution in [3.05, 3.63) is 71.5 Å². The van der Waals surface area contributed by atoms with Gasteiger partial charge in [0.2, 0.25) is 11.8 Å². The van der Waals surface area contributed by atoms with E-state index in [9.17, 15) is 9.59 Å². The van der Waals surface area contributed by atoms with Crippen molar-refractivity contribution in [2.45, 2.75) is 13.3 Å². The zero-order valence-corrected chi connectivity index (χ0v) is 22.1. The third-order valence-electron chi connectivity index (χ3n) is 6.09. The van der Waals surface area contributed by atoms with Crippen LogP contribution in [-0.4, -0.2) is 59.9 Å². The fourth-order valence-electron chi connectivity index (χ4n) is 3.94. The number of aromatic nitrogens is 2. The van der Waals surface area contributed by atoms with Crippen LogP contribution in [0.15, 0.2) is 55.1 Å². The van der Waals surface area contributed by atoms with E-state index in [1.807, 2.05) is 31.2 Å². The molecule has 38 heavy (non-hydrogen) atoms. The maximum atomic E-state index is 12.2. The lowest BCUT2D eigenvalue weighted by Gasteiger charge is -2.34. The molecule has 10 nitrogen and oxygen atoms in total. The van der Waals surface area contributed by atoms with Crippen LogP contribution in [0.5, 0.6) is 11.6 Å². The summed E-state index contributed by atoms with van der Waals surface area (Å²) in [6, 6.07) is 12.7. The van der Waals surface area contributed by atoms with Gasteiger partial charge in [-0.2, -0.15) is 4.98 Å². The van der Waals surface area contributed by atoms with E-state index in [1.54, 1.807) is 18.2 Å². The van der Waals surface area contributed by atoms with E-state index < -0.39 is 5.91 Å². The van der Waals surface area contributed by atoms with Crippen molar-refractivity contribution in [3.8, 4) is 11.6 Å². The van der Waals surface area contributed by atoms with Crippen LogP contribution in [0.4, 0.5) is 22.9 Å². The number of halogens is 1. The predicted molar refractivity (Wildman–Crippen MR) is 150 cm³/mol. The molecule has 1 fully saturated rings. The van der Waals surface area contributed by atoms with Gasteiger partial charge in [0, 0.05) is 49.3 Å². The molecule has 0 saturated carbocycles. The van der Waals surface area contributed by atoms with Gasteiger partial charge in [0.15, 0.2) is 11.5 Å². The minimum Gasteiger partial charge on any atom is -0.436 e. The lowest BCUT2D eigenvalue weighted by Crippen LogP contribution is -2.44. The summed E-state index contributed by atoms with van der Waals surface area (Å²) in [6.45, 7) is 9.25. The van der Waals surface area contributed by atoms with Gasteiger partial charge in [-0.15, -0.1) is 0 Å². The Labute approximate surface area is 226 Å². The highest BCUT2D eigenvalue weighted by Crippen LogP contribution is 2.34. The molecule has 3 aromatic rings. The van der Waals surface area contributed by atoms with E-state index in [4.69, 9.17) is 22.1 Å². The molecule has 1 aliphatic rings. The molecule has 1 aromatic heterocycles. The number of primary amides is 1. The third-order valence-corrected chi connectivity index (χ3v) is 6.40. The molecule has 1 aliphatic heterocycles. The van der Waals surface area contributed by atoms with Crippen LogP contribution in [0.25, 0.3) is 0 Å². The zero-order chi connectivity index (χ0) is 27.2. The second kappa shape index (κ2) is 11.9. The van der Waals surface area contributed by atoms with E-state index in [2.05, 4.69) is 44.0 Å². The molecule has 0 unspecified atom stereocenters. The first-order chi connectivity index (χ1) is 18.3. The lowest BCUT2D eigenvalue weighted by molar-refractivity contribution is -0.111. The Hall–Kier alpha value is -4.15. The number of rotatable bonds is 9. The van der Waals surface area contributed by atoms with Crippen molar-refractivity contribution in [2.75, 3.05) is 48.8 Å². The van der Waals surface area contributed by atoms with Gasteiger partial charge in [0.1, 0.15) is 11.4 Å². The van der Waals surface area contributed by atoms with Gasteiger partial charge in [0.05, 0.1) is 5.02 Å². The highest BCUT2D eigenvalue weighted by atomic mass is 35.5. The summed E-state index contributed by atoms with van der Waals surface area (Å²) < 4.78 is 6.02. The molecule has 11 heteroatoms. The van der Waals surface area contributed by atoms with E-state index in [0.29, 0.717) is 28.5 Å². The Morgan fingerprint density at radius 3 is 2.42 bits per heavy atom. The summed E-state index contributed by atoms with van der Waals surface area (Å²) in [5.74, 6) is -0.523. The monoisotopic (exact) mass is 535 g/mol. The molecule has 0 bridgehead atoms. The standard InChI is InChI=1S/C27H30ClN7O3/c1-4-21-27(38-22-16-18(8-11-20(22)28)30-23(36)5-2)33-26(24(32-21)25(29)37)31-17-6-9-19(10-7-17)35-14-12-34(3)13-15-35/h5-11,16H,2,4,12-15H2,1,3H3,(H2,29,37)(H,30,36)(H,31,33). The second-order valence-electron chi connectivity index (χ2n) is 8.79. The molecule has 1 saturated heterocycles. The van der Waals surface area contributed by atoms with Crippen molar-refractivity contribution in [2.24, 2.45) is 5.73 Å². The first-order valence-corrected chi connectivity index (χ1v) is 12.6. The zero-order valence-electron chi connectivity index (χ0n) is 21.3. The Morgan fingerprint density at radius 2 is 1.79 bits per heavy atom. The number of aryl methyl sites for hydroxylation is 1. The second-order valence-corrected chi connectivity index (χ2v) is 9.20. The number of likely N-dealkylation sites (N-methyl/N-ethyl adjacent to an activating group) is 1. The van der Waals surface area contributed by atoms with Crippen LogP contribution in [0.2, 0.25) is 5.02 Å². The first-order valence-electron chi connectivity index (χ1n) is 12.2. The van der Waals surface area contributed by atoms with E-state index in [-0.39, 0.29) is 29.0 Å². The quantitative estimate of drug-likeness (QED) is 0.348. The number of benzene rings is 2. The van der Waals surface area contributed by atoms with Gasteiger partial charge < -0.3 is 30.9 Å². The Morgan fingerprint density at radius 1 is 1.11 bits per heavy atom. The SMILES string of the molecule is C=CC(=O)Nc1ccc(Cl)c(Oc2nc(Nc3ccc(N4CCN(C)CC4)cc3)c(C(N)=O)nc2CC)c1. The molecule has 0 spiro atoms. The minimum absolute atomic E-state index is 0.00422. The fraction of sp³-hybridized carbons (Fsp3) is 0.259. The molecule has 2 amide bonds. The summed E-state index contributed by atoms with van der Waals surface area (Å²) in [6.07, 6.45) is 1.58. The van der Waals surface area contributed by atoms with E-state index in [0.717, 1.165) is 37.9 Å². The fourth-order valence-corrected chi connectivity index (χ4v) is 4.10. The van der Waals surface area contributed by atoms with Crippen LogP contribution < -0.4 is 26.0 Å². The molecular formula is C27H30ClN7O3. The molecule has 198 valence electrons. The van der Waals surface area contributed by atoms with Crippen LogP contribution in [0, 0.1) is 0 Å². The Balaban J connectivity index is 1.61. The number of nitrogens with one attached hydrogen (secondary N) is 2. The summed E-state index contributed by atoms with van der Waals surface area (Å²) in [4.78, 5) is 37.5. The lowest BCUT2D eigenvalue weighted by atomic mass is 10.2. The van der Waals surface area contributed by atoms with Gasteiger partial charge >= 0.3 is 0 Å². The molecule has 4 rings (SSSR count). The van der Waals surface area contributed by atoms with Gasteiger partial charge in [-0.25, -0.2) is 4.98 Å². The number of hydrogen-bond acceptors (Lipinski definition) is 8. The van der Waals surface area contributed by atoms with Crippen LogP contribution >= 0.6 is 11.6 Å². The number of nitrogens with two attached hydrogens (primary N) is 1. The van der Waals surface area contributed by atoms with Crippen molar-refractivity contribution >= 4 is 46.3 Å². The number of anilines is 4. The highest BCUT2D eigenvalue weighted by Gasteiger charge is 2.20. The number of amides is 2. The molecule has 0 radical (unpaired) electrons. The number of carbonyl (C=O) groups is 2. The van der Waals surface area contributed by atoms with Crippen LogP contribution in [0.1, 0.15) is 23.1 Å². The van der Waals surface area contributed by atoms with Gasteiger partial charge in [-0.3, -0.25) is 9.59 Å². The molecule has 2 aromatic carbocycles. The first kappa shape index (κ1) is 26.9. The molecule has 4 N–H and O–H groups in total. The van der Waals surface area contributed by atoms with Crippen LogP contribution in [-0.2, 0) is 11.2 Å². The van der Waals surface area contributed by atoms with E-state index >= 15 is 0 Å². The normalized spacial score (nSPS) is 13.6. The summed E-state index contributed by atoms with van der Waals surface area (Å²) in [5, 5.41) is 6.11. The predicted octanol–water partition coefficient (Wildman–Crippen LogP) is 4.20. The molecule has 0 atom stereocenters. The average Bonchev–Trinajstić information content (AvgIpc) is 2.91. The van der Waals surface area contributed by atoms with Gasteiger partial charge in [0.25, 0.3) is 5.91 Å². The maximum absolute atomic E-state index is 12.2. The smallest absolute Gasteiger partial charge is 0.271 e. The number of piperazine rings is 1. The minimum atomic E-state index is -0.720. The largest absolute Gasteiger partial charge is 0.436 e. The summed E-state index contributed by atoms with van der Waals surface area (Å²) in [5.41, 5.74) is 8.34. The van der Waals surface area contributed by atoms with E-state index in [1.165, 1.54) is 0 Å². The van der Waals surface area contributed by atoms with Crippen LogP contribution in [0.3, 0.4) is 0 Å².